The Morgan fingerprint density at radius 2 is 2.15 bits per heavy atom. The second-order valence-electron chi connectivity index (χ2n) is 4.43. The molecule has 0 amide bonds. The van der Waals surface area contributed by atoms with E-state index in [1.807, 2.05) is 0 Å². The smallest absolute Gasteiger partial charge is 0.261 e. The molecule has 1 unspecified atom stereocenters. The SMILES string of the molecule is CCCC(OC)c1noc(-c2ccc(N)cc2OC)n1. The van der Waals surface area contributed by atoms with Crippen LogP contribution < -0.4 is 10.5 Å². The molecule has 1 atom stereocenters. The summed E-state index contributed by atoms with van der Waals surface area (Å²) in [7, 11) is 3.21. The summed E-state index contributed by atoms with van der Waals surface area (Å²) < 4.78 is 16.0. The molecule has 0 saturated carbocycles. The zero-order valence-electron chi connectivity index (χ0n) is 11.9. The standard InChI is InChI=1S/C14H19N3O3/c1-4-5-11(18-2)13-16-14(20-17-13)10-7-6-9(15)8-12(10)19-3/h6-8,11H,4-5,15H2,1-3H3. The summed E-state index contributed by atoms with van der Waals surface area (Å²) in [6.07, 6.45) is 1.67. The van der Waals surface area contributed by atoms with Gasteiger partial charge in [0.15, 0.2) is 0 Å². The summed E-state index contributed by atoms with van der Waals surface area (Å²) in [6.45, 7) is 2.08. The van der Waals surface area contributed by atoms with E-state index in [1.165, 1.54) is 0 Å². The second kappa shape index (κ2) is 6.38. The van der Waals surface area contributed by atoms with Gasteiger partial charge in [-0.05, 0) is 18.6 Å². The maximum absolute atomic E-state index is 5.73. The van der Waals surface area contributed by atoms with Crippen LogP contribution in [0, 0.1) is 0 Å². The monoisotopic (exact) mass is 277 g/mol. The normalized spacial score (nSPS) is 12.3. The molecule has 1 aromatic heterocycles. The van der Waals surface area contributed by atoms with E-state index in [4.69, 9.17) is 19.7 Å². The van der Waals surface area contributed by atoms with E-state index in [9.17, 15) is 0 Å². The number of ether oxygens (including phenoxy) is 2. The third kappa shape index (κ3) is 2.91. The van der Waals surface area contributed by atoms with Gasteiger partial charge in [-0.15, -0.1) is 0 Å². The molecule has 0 radical (unpaired) electrons. The van der Waals surface area contributed by atoms with Gasteiger partial charge in [0, 0.05) is 18.9 Å². The van der Waals surface area contributed by atoms with Crippen molar-refractivity contribution < 1.29 is 14.0 Å². The van der Waals surface area contributed by atoms with Crippen LogP contribution in [0.15, 0.2) is 22.7 Å². The first kappa shape index (κ1) is 14.3. The fourth-order valence-electron chi connectivity index (χ4n) is 1.97. The lowest BCUT2D eigenvalue weighted by atomic mass is 10.1. The minimum atomic E-state index is -0.155. The molecule has 0 spiro atoms. The van der Waals surface area contributed by atoms with Gasteiger partial charge in [0.25, 0.3) is 5.89 Å². The van der Waals surface area contributed by atoms with Crippen molar-refractivity contribution in [2.24, 2.45) is 0 Å². The fourth-order valence-corrected chi connectivity index (χ4v) is 1.97. The Hall–Kier alpha value is -2.08. The van der Waals surface area contributed by atoms with Crippen LogP contribution in [0.25, 0.3) is 11.5 Å². The lowest BCUT2D eigenvalue weighted by Gasteiger charge is -2.08. The Morgan fingerprint density at radius 3 is 2.80 bits per heavy atom. The molecule has 0 bridgehead atoms. The van der Waals surface area contributed by atoms with E-state index >= 15 is 0 Å². The van der Waals surface area contributed by atoms with Crippen LogP contribution in [0.2, 0.25) is 0 Å². The van der Waals surface area contributed by atoms with E-state index in [-0.39, 0.29) is 6.10 Å². The summed E-state index contributed by atoms with van der Waals surface area (Å²) in [6, 6.07) is 5.29. The Labute approximate surface area is 117 Å². The largest absolute Gasteiger partial charge is 0.496 e. The first-order chi connectivity index (χ1) is 9.69. The van der Waals surface area contributed by atoms with Crippen molar-refractivity contribution in [2.75, 3.05) is 20.0 Å². The number of methoxy groups -OCH3 is 2. The van der Waals surface area contributed by atoms with Gasteiger partial charge in [-0.25, -0.2) is 0 Å². The van der Waals surface area contributed by atoms with Crippen molar-refractivity contribution in [1.82, 2.24) is 10.1 Å². The lowest BCUT2D eigenvalue weighted by molar-refractivity contribution is 0.0854. The summed E-state index contributed by atoms with van der Waals surface area (Å²) in [4.78, 5) is 4.38. The van der Waals surface area contributed by atoms with Crippen molar-refractivity contribution >= 4 is 5.69 Å². The molecular weight excluding hydrogens is 258 g/mol. The number of hydrogen-bond acceptors (Lipinski definition) is 6. The third-order valence-corrected chi connectivity index (χ3v) is 3.02. The topological polar surface area (TPSA) is 83.4 Å². The van der Waals surface area contributed by atoms with Crippen LogP contribution in [0.4, 0.5) is 5.69 Å². The zero-order chi connectivity index (χ0) is 14.5. The van der Waals surface area contributed by atoms with Crippen molar-refractivity contribution in [2.45, 2.75) is 25.9 Å². The quantitative estimate of drug-likeness (QED) is 0.817. The molecule has 2 N–H and O–H groups in total. The molecule has 1 heterocycles. The molecular formula is C14H19N3O3. The van der Waals surface area contributed by atoms with Crippen LogP contribution in [-0.4, -0.2) is 24.4 Å². The van der Waals surface area contributed by atoms with Gasteiger partial charge in [0.2, 0.25) is 5.82 Å². The van der Waals surface area contributed by atoms with Crippen LogP contribution in [0.1, 0.15) is 31.7 Å². The Balaban J connectivity index is 2.33. The highest BCUT2D eigenvalue weighted by atomic mass is 16.5. The predicted octanol–water partition coefficient (Wildman–Crippen LogP) is 2.82. The zero-order valence-corrected chi connectivity index (χ0v) is 11.9. The first-order valence-corrected chi connectivity index (χ1v) is 6.49. The van der Waals surface area contributed by atoms with Gasteiger partial charge >= 0.3 is 0 Å². The molecule has 0 aliphatic carbocycles. The highest BCUT2D eigenvalue weighted by Gasteiger charge is 2.19. The van der Waals surface area contributed by atoms with E-state index in [0.717, 1.165) is 12.8 Å². The average Bonchev–Trinajstić information content (AvgIpc) is 2.93. The maximum Gasteiger partial charge on any atom is 0.261 e. The molecule has 0 aliphatic rings. The molecule has 1 aromatic carbocycles. The number of nitrogens with two attached hydrogens (primary N) is 1. The molecule has 0 fully saturated rings. The number of anilines is 1. The predicted molar refractivity (Wildman–Crippen MR) is 75.4 cm³/mol. The van der Waals surface area contributed by atoms with Gasteiger partial charge < -0.3 is 19.7 Å². The third-order valence-electron chi connectivity index (χ3n) is 3.02. The number of aromatic nitrogens is 2. The highest BCUT2D eigenvalue weighted by molar-refractivity contribution is 5.66. The van der Waals surface area contributed by atoms with Gasteiger partial charge in [-0.2, -0.15) is 4.98 Å². The van der Waals surface area contributed by atoms with Gasteiger partial charge in [0.1, 0.15) is 11.9 Å². The summed E-state index contributed by atoms with van der Waals surface area (Å²) >= 11 is 0. The van der Waals surface area contributed by atoms with Crippen molar-refractivity contribution in [3.63, 3.8) is 0 Å². The fraction of sp³-hybridized carbons (Fsp3) is 0.429. The second-order valence-corrected chi connectivity index (χ2v) is 4.43. The molecule has 6 heteroatoms. The van der Waals surface area contributed by atoms with E-state index < -0.39 is 0 Å². The van der Waals surface area contributed by atoms with Crippen LogP contribution in [0.3, 0.4) is 0 Å². The highest BCUT2D eigenvalue weighted by Crippen LogP contribution is 2.31. The summed E-state index contributed by atoms with van der Waals surface area (Å²) in [5, 5.41) is 3.98. The van der Waals surface area contributed by atoms with E-state index in [2.05, 4.69) is 17.1 Å². The first-order valence-electron chi connectivity index (χ1n) is 6.49. The van der Waals surface area contributed by atoms with Crippen molar-refractivity contribution in [3.05, 3.63) is 24.0 Å². The van der Waals surface area contributed by atoms with Crippen molar-refractivity contribution in [1.29, 1.82) is 0 Å². The maximum atomic E-state index is 5.73. The van der Waals surface area contributed by atoms with Gasteiger partial charge in [-0.1, -0.05) is 18.5 Å². The number of nitrogens with zero attached hydrogens (tertiary/aromatic N) is 2. The molecule has 6 nitrogen and oxygen atoms in total. The van der Waals surface area contributed by atoms with Gasteiger partial charge in [-0.3, -0.25) is 0 Å². The lowest BCUT2D eigenvalue weighted by Crippen LogP contribution is -2.03. The number of nitrogen functional groups attached to an aromatic ring is 1. The Bertz CT molecular complexity index is 569. The minimum absolute atomic E-state index is 0.155. The average molecular weight is 277 g/mol. The van der Waals surface area contributed by atoms with E-state index in [0.29, 0.717) is 28.7 Å². The van der Waals surface area contributed by atoms with Crippen LogP contribution in [0.5, 0.6) is 5.75 Å². The summed E-state index contributed by atoms with van der Waals surface area (Å²) in [5.41, 5.74) is 7.06. The minimum Gasteiger partial charge on any atom is -0.496 e. The summed E-state index contributed by atoms with van der Waals surface area (Å²) in [5.74, 6) is 1.54. The molecule has 2 rings (SSSR count). The van der Waals surface area contributed by atoms with Crippen LogP contribution >= 0.6 is 0 Å². The van der Waals surface area contributed by atoms with Gasteiger partial charge in [0.05, 0.1) is 12.7 Å². The Kier molecular flexibility index (Phi) is 4.57. The molecule has 0 aliphatic heterocycles. The number of rotatable bonds is 6. The molecule has 2 aromatic rings. The number of benzene rings is 1. The molecule has 0 saturated heterocycles. The Morgan fingerprint density at radius 1 is 1.35 bits per heavy atom. The molecule has 108 valence electrons. The number of hydrogen-bond donors (Lipinski definition) is 1. The van der Waals surface area contributed by atoms with Crippen LogP contribution in [-0.2, 0) is 4.74 Å². The molecule has 20 heavy (non-hydrogen) atoms. The van der Waals surface area contributed by atoms with E-state index in [1.54, 1.807) is 32.4 Å². The van der Waals surface area contributed by atoms with Crippen molar-refractivity contribution in [3.8, 4) is 17.2 Å².